The van der Waals surface area contributed by atoms with Crippen LogP contribution < -0.4 is 0 Å². The van der Waals surface area contributed by atoms with Crippen LogP contribution in [-0.2, 0) is 16.0 Å². The Morgan fingerprint density at radius 1 is 1.41 bits per heavy atom. The first-order valence-electron chi connectivity index (χ1n) is 5.89. The maximum absolute atomic E-state index is 13.8. The Kier molecular flexibility index (Phi) is 2.86. The fraction of sp³-hybridized carbons (Fsp3) is 0.538. The molecular formula is C13H16FNO2. The minimum absolute atomic E-state index is 0.105. The molecule has 0 spiro atoms. The number of morpholine rings is 1. The van der Waals surface area contributed by atoms with Crippen LogP contribution in [0.2, 0.25) is 0 Å². The summed E-state index contributed by atoms with van der Waals surface area (Å²) in [4.78, 5) is 2.14. The van der Waals surface area contributed by atoms with E-state index in [9.17, 15) is 4.39 Å². The van der Waals surface area contributed by atoms with Crippen LogP contribution in [0.25, 0.3) is 0 Å². The quantitative estimate of drug-likeness (QED) is 0.796. The van der Waals surface area contributed by atoms with Crippen molar-refractivity contribution in [2.75, 3.05) is 13.7 Å². The first-order chi connectivity index (χ1) is 8.31. The molecule has 17 heavy (non-hydrogen) atoms. The van der Waals surface area contributed by atoms with Crippen molar-refractivity contribution in [1.82, 2.24) is 4.90 Å². The second-order valence-electron chi connectivity index (χ2n) is 4.60. The van der Waals surface area contributed by atoms with Gasteiger partial charge in [0, 0.05) is 13.7 Å². The molecule has 4 unspecified atom stereocenters. The summed E-state index contributed by atoms with van der Waals surface area (Å²) in [7, 11) is 1.57. The number of alkyl halides is 1. The van der Waals surface area contributed by atoms with E-state index in [2.05, 4.69) is 17.0 Å². The second kappa shape index (κ2) is 4.37. The molecule has 0 amide bonds. The number of ether oxygens (including phenoxy) is 2. The Hall–Kier alpha value is -0.970. The molecule has 3 fully saturated rings. The van der Waals surface area contributed by atoms with Gasteiger partial charge < -0.3 is 9.47 Å². The number of benzene rings is 1. The van der Waals surface area contributed by atoms with Crippen molar-refractivity contribution >= 4 is 0 Å². The normalized spacial score (nSPS) is 36.6. The lowest BCUT2D eigenvalue weighted by molar-refractivity contribution is -0.291. The SMILES string of the molecule is COC1OCC2C(F)C1N2Cc1ccccc1. The van der Waals surface area contributed by atoms with E-state index in [1.54, 1.807) is 7.11 Å². The zero-order chi connectivity index (χ0) is 11.8. The third-order valence-electron chi connectivity index (χ3n) is 3.65. The van der Waals surface area contributed by atoms with Gasteiger partial charge in [0.25, 0.3) is 0 Å². The first kappa shape index (κ1) is 11.1. The molecule has 3 heterocycles. The highest BCUT2D eigenvalue weighted by molar-refractivity contribution is 5.17. The lowest BCUT2D eigenvalue weighted by atomic mass is 9.87. The van der Waals surface area contributed by atoms with Gasteiger partial charge in [-0.3, -0.25) is 4.90 Å². The summed E-state index contributed by atoms with van der Waals surface area (Å²) in [5, 5.41) is 0. The molecule has 4 heteroatoms. The topological polar surface area (TPSA) is 21.7 Å². The van der Waals surface area contributed by atoms with Crippen LogP contribution in [0.5, 0.6) is 0 Å². The molecule has 4 atom stereocenters. The Balaban J connectivity index is 1.73. The van der Waals surface area contributed by atoms with Gasteiger partial charge in [-0.05, 0) is 5.56 Å². The molecule has 3 nitrogen and oxygen atoms in total. The van der Waals surface area contributed by atoms with Crippen molar-refractivity contribution in [1.29, 1.82) is 0 Å². The predicted molar refractivity (Wildman–Crippen MR) is 61.2 cm³/mol. The van der Waals surface area contributed by atoms with Crippen LogP contribution >= 0.6 is 0 Å². The number of hydrogen-bond donors (Lipinski definition) is 0. The smallest absolute Gasteiger partial charge is 0.175 e. The highest BCUT2D eigenvalue weighted by Gasteiger charge is 2.57. The van der Waals surface area contributed by atoms with Crippen LogP contribution in [0.3, 0.4) is 0 Å². The summed E-state index contributed by atoms with van der Waals surface area (Å²) in [6.45, 7) is 1.18. The van der Waals surface area contributed by atoms with Crippen molar-refractivity contribution < 1.29 is 13.9 Å². The number of fused-ring (bicyclic) bond motifs is 2. The molecule has 3 aliphatic rings. The van der Waals surface area contributed by atoms with Crippen LogP contribution in [0.15, 0.2) is 30.3 Å². The molecular weight excluding hydrogens is 221 g/mol. The largest absolute Gasteiger partial charge is 0.354 e. The van der Waals surface area contributed by atoms with Gasteiger partial charge in [-0.1, -0.05) is 30.3 Å². The number of hydrogen-bond acceptors (Lipinski definition) is 3. The van der Waals surface area contributed by atoms with Gasteiger partial charge in [-0.25, -0.2) is 4.39 Å². The third kappa shape index (κ3) is 1.76. The van der Waals surface area contributed by atoms with Gasteiger partial charge in [-0.15, -0.1) is 0 Å². The van der Waals surface area contributed by atoms with Crippen molar-refractivity contribution in [3.05, 3.63) is 35.9 Å². The van der Waals surface area contributed by atoms with Gasteiger partial charge in [0.15, 0.2) is 6.29 Å². The van der Waals surface area contributed by atoms with Crippen molar-refractivity contribution in [3.8, 4) is 0 Å². The lowest BCUT2D eigenvalue weighted by Crippen LogP contribution is -2.75. The molecule has 3 saturated heterocycles. The molecule has 0 aromatic heterocycles. The highest BCUT2D eigenvalue weighted by atomic mass is 19.1. The fourth-order valence-electron chi connectivity index (χ4n) is 2.72. The summed E-state index contributed by atoms with van der Waals surface area (Å²) in [5.74, 6) is 0. The van der Waals surface area contributed by atoms with E-state index in [1.807, 2.05) is 18.2 Å². The van der Waals surface area contributed by atoms with E-state index in [4.69, 9.17) is 9.47 Å². The number of rotatable bonds is 3. The van der Waals surface area contributed by atoms with Gasteiger partial charge >= 0.3 is 0 Å². The molecule has 2 bridgehead atoms. The van der Waals surface area contributed by atoms with Crippen LogP contribution in [0, 0.1) is 0 Å². The van der Waals surface area contributed by atoms with Crippen LogP contribution in [0.4, 0.5) is 4.39 Å². The minimum Gasteiger partial charge on any atom is -0.354 e. The summed E-state index contributed by atoms with van der Waals surface area (Å²) >= 11 is 0. The summed E-state index contributed by atoms with van der Waals surface area (Å²) < 4.78 is 24.4. The monoisotopic (exact) mass is 237 g/mol. The summed E-state index contributed by atoms with van der Waals surface area (Å²) in [5.41, 5.74) is 1.20. The maximum Gasteiger partial charge on any atom is 0.175 e. The van der Waals surface area contributed by atoms with E-state index in [0.717, 1.165) is 6.54 Å². The molecule has 0 saturated carbocycles. The average molecular weight is 237 g/mol. The zero-order valence-corrected chi connectivity index (χ0v) is 9.75. The van der Waals surface area contributed by atoms with Gasteiger partial charge in [-0.2, -0.15) is 0 Å². The number of halogens is 1. The summed E-state index contributed by atoms with van der Waals surface area (Å²) in [6.07, 6.45) is -1.25. The van der Waals surface area contributed by atoms with E-state index in [-0.39, 0.29) is 12.1 Å². The Morgan fingerprint density at radius 2 is 2.18 bits per heavy atom. The number of nitrogens with zero attached hydrogens (tertiary/aromatic N) is 1. The molecule has 3 aliphatic heterocycles. The molecule has 0 aliphatic carbocycles. The van der Waals surface area contributed by atoms with E-state index in [1.165, 1.54) is 5.56 Å². The lowest BCUT2D eigenvalue weighted by Gasteiger charge is -2.57. The van der Waals surface area contributed by atoms with Crippen molar-refractivity contribution in [2.24, 2.45) is 0 Å². The van der Waals surface area contributed by atoms with Crippen molar-refractivity contribution in [3.63, 3.8) is 0 Å². The molecule has 0 radical (unpaired) electrons. The molecule has 1 aromatic rings. The van der Waals surface area contributed by atoms with Gasteiger partial charge in [0.05, 0.1) is 18.7 Å². The molecule has 0 N–H and O–H groups in total. The minimum atomic E-state index is -0.822. The van der Waals surface area contributed by atoms with E-state index < -0.39 is 12.5 Å². The third-order valence-corrected chi connectivity index (χ3v) is 3.65. The maximum atomic E-state index is 13.8. The second-order valence-corrected chi connectivity index (χ2v) is 4.60. The Bertz CT molecular complexity index is 386. The van der Waals surface area contributed by atoms with Crippen LogP contribution in [0.1, 0.15) is 5.56 Å². The zero-order valence-electron chi connectivity index (χ0n) is 9.75. The van der Waals surface area contributed by atoms with Crippen molar-refractivity contribution in [2.45, 2.75) is 31.1 Å². The van der Waals surface area contributed by atoms with E-state index in [0.29, 0.717) is 6.61 Å². The van der Waals surface area contributed by atoms with E-state index >= 15 is 0 Å². The Morgan fingerprint density at radius 3 is 2.82 bits per heavy atom. The standard InChI is InChI=1S/C13H16FNO2/c1-16-13-12-11(14)10(8-17-13)15(12)7-9-5-3-2-4-6-9/h2-6,10-13H,7-8H2,1H3. The highest BCUT2D eigenvalue weighted by Crippen LogP contribution is 2.38. The first-order valence-corrected chi connectivity index (χ1v) is 5.89. The Labute approximate surface area is 100 Å². The van der Waals surface area contributed by atoms with Crippen LogP contribution in [-0.4, -0.2) is 43.2 Å². The fourth-order valence-corrected chi connectivity index (χ4v) is 2.72. The predicted octanol–water partition coefficient (Wildman–Crippen LogP) is 1.58. The van der Waals surface area contributed by atoms with Gasteiger partial charge in [0.1, 0.15) is 6.17 Å². The van der Waals surface area contributed by atoms with Gasteiger partial charge in [0.2, 0.25) is 0 Å². The molecule has 4 rings (SSSR count). The molecule has 92 valence electrons. The average Bonchev–Trinajstić information content (AvgIpc) is 2.40. The summed E-state index contributed by atoms with van der Waals surface area (Å²) in [6, 6.07) is 9.75. The number of methoxy groups -OCH3 is 1. The molecule has 1 aromatic carbocycles.